The first-order valence-electron chi connectivity index (χ1n) is 8.46. The fraction of sp³-hybridized carbons (Fsp3) is 0.278. The summed E-state index contributed by atoms with van der Waals surface area (Å²) in [6.45, 7) is 6.21. The summed E-state index contributed by atoms with van der Waals surface area (Å²) in [7, 11) is 0. The van der Waals surface area contributed by atoms with Gasteiger partial charge in [0.2, 0.25) is 5.91 Å². The number of nitrogens with zero attached hydrogens (tertiary/aromatic N) is 4. The van der Waals surface area contributed by atoms with Gasteiger partial charge in [0.05, 0.1) is 0 Å². The Kier molecular flexibility index (Phi) is 6.81. The van der Waals surface area contributed by atoms with Gasteiger partial charge in [0, 0.05) is 20.0 Å². The molecule has 9 nitrogen and oxygen atoms in total. The van der Waals surface area contributed by atoms with Crippen molar-refractivity contribution in [3.05, 3.63) is 36.4 Å². The van der Waals surface area contributed by atoms with Crippen molar-refractivity contribution in [3.63, 3.8) is 0 Å². The lowest BCUT2D eigenvalue weighted by atomic mass is 10.3. The monoisotopic (exact) mass is 370 g/mol. The lowest BCUT2D eigenvalue weighted by Crippen LogP contribution is -2.33. The number of rotatable bonds is 6. The lowest BCUT2D eigenvalue weighted by molar-refractivity contribution is -0.114. The maximum Gasteiger partial charge on any atom is 0.415 e. The molecule has 9 heteroatoms. The third kappa shape index (κ3) is 5.50. The Morgan fingerprint density at radius 2 is 1.78 bits per heavy atom. The Morgan fingerprint density at radius 3 is 2.41 bits per heavy atom. The molecule has 1 heterocycles. The molecule has 0 saturated carbocycles. The highest BCUT2D eigenvalue weighted by molar-refractivity contribution is 5.88. The molecule has 3 N–H and O–H groups in total. The Balaban J connectivity index is 2.20. The van der Waals surface area contributed by atoms with Crippen molar-refractivity contribution in [2.24, 2.45) is 10.2 Å². The Labute approximate surface area is 157 Å². The molecule has 0 aliphatic heterocycles. The highest BCUT2D eigenvalue weighted by atomic mass is 16.6. The number of hydrogen-bond donors (Lipinski definition) is 2. The zero-order valence-corrected chi connectivity index (χ0v) is 15.5. The molecule has 0 fully saturated rings. The molecule has 2 aromatic rings. The first-order chi connectivity index (χ1) is 12.9. The van der Waals surface area contributed by atoms with Crippen LogP contribution in [0.1, 0.15) is 20.8 Å². The van der Waals surface area contributed by atoms with Gasteiger partial charge >= 0.3 is 6.09 Å². The van der Waals surface area contributed by atoms with Crippen LogP contribution in [-0.2, 0) is 4.79 Å². The topological polar surface area (TPSA) is 122 Å². The van der Waals surface area contributed by atoms with Crippen LogP contribution in [0.15, 0.2) is 46.6 Å². The van der Waals surface area contributed by atoms with Crippen molar-refractivity contribution < 1.29 is 14.3 Å². The van der Waals surface area contributed by atoms with Crippen LogP contribution >= 0.6 is 0 Å². The van der Waals surface area contributed by atoms with Crippen molar-refractivity contribution in [1.29, 1.82) is 0 Å². The number of para-hydroxylation sites is 1. The number of carbonyl (C=O) groups is 2. The number of pyridine rings is 1. The zero-order chi connectivity index (χ0) is 19.8. The number of nitrogens with one attached hydrogen (secondary N) is 1. The molecule has 27 heavy (non-hydrogen) atoms. The maximum atomic E-state index is 12.1. The molecule has 0 unspecified atom stereocenters. The molecule has 1 aromatic heterocycles. The first kappa shape index (κ1) is 19.8. The van der Waals surface area contributed by atoms with Crippen molar-refractivity contribution >= 4 is 35.0 Å². The van der Waals surface area contributed by atoms with E-state index in [0.29, 0.717) is 36.0 Å². The van der Waals surface area contributed by atoms with Gasteiger partial charge in [-0.05, 0) is 38.1 Å². The zero-order valence-electron chi connectivity index (χ0n) is 15.5. The van der Waals surface area contributed by atoms with Crippen LogP contribution in [0.2, 0.25) is 0 Å². The molecule has 2 rings (SSSR count). The van der Waals surface area contributed by atoms with E-state index in [-0.39, 0.29) is 11.7 Å². The largest absolute Gasteiger partial charge is 0.415 e. The predicted octanol–water partition coefficient (Wildman–Crippen LogP) is 3.88. The molecule has 0 bridgehead atoms. The number of nitrogen functional groups attached to an aromatic ring is 1. The maximum absolute atomic E-state index is 12.1. The van der Waals surface area contributed by atoms with Crippen LogP contribution in [-0.4, -0.2) is 35.0 Å². The minimum Gasteiger partial charge on any atom is -0.408 e. The summed E-state index contributed by atoms with van der Waals surface area (Å²) in [5.74, 6) is 0.481. The van der Waals surface area contributed by atoms with Gasteiger partial charge in [-0.3, -0.25) is 4.79 Å². The number of carbonyl (C=O) groups excluding carboxylic acids is 2. The average molecular weight is 370 g/mol. The molecule has 142 valence electrons. The van der Waals surface area contributed by atoms with E-state index in [1.54, 1.807) is 41.3 Å². The second kappa shape index (κ2) is 9.27. The number of benzene rings is 1. The van der Waals surface area contributed by atoms with Crippen molar-refractivity contribution in [2.45, 2.75) is 20.8 Å². The Bertz CT molecular complexity index is 849. The van der Waals surface area contributed by atoms with E-state index in [9.17, 15) is 9.59 Å². The number of aromatic nitrogens is 1. The number of azo groups is 1. The normalized spacial score (nSPS) is 10.6. The molecular weight excluding hydrogens is 348 g/mol. The molecule has 0 atom stereocenters. The van der Waals surface area contributed by atoms with E-state index in [2.05, 4.69) is 20.5 Å². The van der Waals surface area contributed by atoms with Gasteiger partial charge in [-0.15, -0.1) is 10.2 Å². The minimum atomic E-state index is -0.455. The van der Waals surface area contributed by atoms with Crippen molar-refractivity contribution in [2.75, 3.05) is 24.1 Å². The highest BCUT2D eigenvalue weighted by Crippen LogP contribution is 2.30. The summed E-state index contributed by atoms with van der Waals surface area (Å²) in [6.07, 6.45) is -0.455. The molecule has 0 spiro atoms. The van der Waals surface area contributed by atoms with E-state index < -0.39 is 6.09 Å². The highest BCUT2D eigenvalue weighted by Gasteiger charge is 2.14. The van der Waals surface area contributed by atoms with Gasteiger partial charge in [0.15, 0.2) is 11.6 Å². The predicted molar refractivity (Wildman–Crippen MR) is 103 cm³/mol. The van der Waals surface area contributed by atoms with Gasteiger partial charge in [0.25, 0.3) is 0 Å². The molecule has 2 amide bonds. The summed E-state index contributed by atoms with van der Waals surface area (Å²) >= 11 is 0. The number of nitrogens with two attached hydrogens (primary N) is 1. The van der Waals surface area contributed by atoms with Gasteiger partial charge in [-0.1, -0.05) is 12.1 Å². The van der Waals surface area contributed by atoms with Gasteiger partial charge < -0.3 is 20.7 Å². The van der Waals surface area contributed by atoms with Crippen LogP contribution in [0, 0.1) is 0 Å². The van der Waals surface area contributed by atoms with E-state index in [1.165, 1.54) is 6.92 Å². The van der Waals surface area contributed by atoms with Crippen molar-refractivity contribution in [3.8, 4) is 5.75 Å². The summed E-state index contributed by atoms with van der Waals surface area (Å²) in [5, 5.41) is 10.7. The SMILES string of the molecule is CCN(CC)C(=O)Oc1ccccc1N=Nc1ccc(NC(C)=O)nc1N. The summed E-state index contributed by atoms with van der Waals surface area (Å²) < 4.78 is 5.41. The number of ether oxygens (including phenoxy) is 1. The summed E-state index contributed by atoms with van der Waals surface area (Å²) in [6, 6.07) is 9.95. The second-order valence-electron chi connectivity index (χ2n) is 5.49. The smallest absolute Gasteiger partial charge is 0.408 e. The standard InChI is InChI=1S/C18H22N6O3/c1-4-24(5-2)18(26)27-15-9-7-6-8-13(15)22-23-14-10-11-16(20-12(3)25)21-17(14)19/h6-11H,4-5H2,1-3H3,(H3,19,20,21,25). The molecule has 1 aromatic carbocycles. The first-order valence-corrected chi connectivity index (χ1v) is 8.46. The van der Waals surface area contributed by atoms with E-state index in [1.807, 2.05) is 13.8 Å². The van der Waals surface area contributed by atoms with Crippen molar-refractivity contribution in [1.82, 2.24) is 9.88 Å². The Hall–Kier alpha value is -3.49. The van der Waals surface area contributed by atoms with Gasteiger partial charge in [-0.25, -0.2) is 9.78 Å². The van der Waals surface area contributed by atoms with Crippen LogP contribution < -0.4 is 15.8 Å². The summed E-state index contributed by atoms with van der Waals surface area (Å²) in [5.41, 5.74) is 6.55. The Morgan fingerprint density at radius 1 is 1.11 bits per heavy atom. The van der Waals surface area contributed by atoms with Gasteiger partial charge in [-0.2, -0.15) is 0 Å². The van der Waals surface area contributed by atoms with Crippen LogP contribution in [0.25, 0.3) is 0 Å². The van der Waals surface area contributed by atoms with E-state index in [4.69, 9.17) is 10.5 Å². The van der Waals surface area contributed by atoms with E-state index in [0.717, 1.165) is 0 Å². The minimum absolute atomic E-state index is 0.114. The number of amides is 2. The van der Waals surface area contributed by atoms with Gasteiger partial charge in [0.1, 0.15) is 17.2 Å². The fourth-order valence-electron chi connectivity index (χ4n) is 2.18. The third-order valence-corrected chi connectivity index (χ3v) is 3.56. The number of anilines is 2. The van der Waals surface area contributed by atoms with Crippen LogP contribution in [0.4, 0.5) is 27.8 Å². The third-order valence-electron chi connectivity index (χ3n) is 3.56. The number of hydrogen-bond acceptors (Lipinski definition) is 7. The second-order valence-corrected chi connectivity index (χ2v) is 5.49. The fourth-order valence-corrected chi connectivity index (χ4v) is 2.18. The molecular formula is C18H22N6O3. The van der Waals surface area contributed by atoms with Crippen LogP contribution in [0.3, 0.4) is 0 Å². The molecule has 0 aliphatic carbocycles. The lowest BCUT2D eigenvalue weighted by Gasteiger charge is -2.18. The molecule has 0 saturated heterocycles. The molecule has 0 aliphatic rings. The quantitative estimate of drug-likeness (QED) is 0.747. The average Bonchev–Trinajstić information content (AvgIpc) is 2.62. The van der Waals surface area contributed by atoms with Crippen LogP contribution in [0.5, 0.6) is 5.75 Å². The molecule has 0 radical (unpaired) electrons. The van der Waals surface area contributed by atoms with E-state index >= 15 is 0 Å². The summed E-state index contributed by atoms with van der Waals surface area (Å²) in [4.78, 5) is 28.8.